The molecule has 3 aromatic rings. The molecule has 0 saturated heterocycles. The van der Waals surface area contributed by atoms with E-state index in [-0.39, 0.29) is 5.41 Å². The second kappa shape index (κ2) is 3.45. The predicted octanol–water partition coefficient (Wildman–Crippen LogP) is 2.99. The van der Waals surface area contributed by atoms with Crippen LogP contribution in [0, 0.1) is 0 Å². The Hall–Kier alpha value is -2.10. The molecule has 2 heterocycles. The third-order valence-corrected chi connectivity index (χ3v) is 3.28. The first-order valence-corrected chi connectivity index (χ1v) is 5.99. The number of H-pyrrole nitrogens is 1. The van der Waals surface area contributed by atoms with E-state index in [1.165, 1.54) is 11.9 Å². The Morgan fingerprint density at radius 3 is 2.67 bits per heavy atom. The summed E-state index contributed by atoms with van der Waals surface area (Å²) in [6.45, 7) is 6.60. The van der Waals surface area contributed by atoms with Crippen LogP contribution in [0.15, 0.2) is 24.5 Å². The molecule has 0 aliphatic heterocycles. The third-order valence-electron chi connectivity index (χ3n) is 3.28. The number of nitrogen functional groups attached to an aromatic ring is 1. The second-order valence-electron chi connectivity index (χ2n) is 5.62. The molecule has 0 bridgehead atoms. The molecule has 0 aliphatic rings. The minimum absolute atomic E-state index is 0.128. The highest BCUT2D eigenvalue weighted by Gasteiger charge is 2.16. The van der Waals surface area contributed by atoms with E-state index in [0.717, 1.165) is 21.9 Å². The Balaban J connectivity index is 2.37. The molecule has 0 radical (unpaired) electrons. The van der Waals surface area contributed by atoms with Crippen LogP contribution in [0.25, 0.3) is 21.9 Å². The van der Waals surface area contributed by atoms with Gasteiger partial charge in [0, 0.05) is 10.9 Å². The van der Waals surface area contributed by atoms with Crippen LogP contribution < -0.4 is 5.73 Å². The fourth-order valence-corrected chi connectivity index (χ4v) is 2.18. The summed E-state index contributed by atoms with van der Waals surface area (Å²) in [4.78, 5) is 11.6. The molecule has 0 saturated carbocycles. The minimum Gasteiger partial charge on any atom is -0.382 e. The molecule has 0 unspecified atom stereocenters. The van der Waals surface area contributed by atoms with Gasteiger partial charge in [-0.05, 0) is 17.0 Å². The zero-order valence-electron chi connectivity index (χ0n) is 10.8. The van der Waals surface area contributed by atoms with E-state index in [1.54, 1.807) is 0 Å². The number of hydrogen-bond acceptors (Lipinski definition) is 3. The maximum Gasteiger partial charge on any atom is 0.151 e. The molecule has 3 N–H and O–H groups in total. The molecule has 0 spiro atoms. The number of nitrogens with zero attached hydrogens (tertiary/aromatic N) is 2. The van der Waals surface area contributed by atoms with E-state index in [9.17, 15) is 0 Å². The van der Waals surface area contributed by atoms with E-state index in [2.05, 4.69) is 53.9 Å². The Morgan fingerprint density at radius 1 is 1.17 bits per heavy atom. The molecule has 2 aromatic heterocycles. The average Bonchev–Trinajstić information content (AvgIpc) is 2.67. The third kappa shape index (κ3) is 1.53. The fraction of sp³-hybridized carbons (Fsp3) is 0.286. The maximum absolute atomic E-state index is 5.86. The lowest BCUT2D eigenvalue weighted by Crippen LogP contribution is -2.10. The van der Waals surface area contributed by atoms with Gasteiger partial charge in [0.05, 0.1) is 0 Å². The lowest BCUT2D eigenvalue weighted by atomic mass is 9.87. The molecule has 0 aliphatic carbocycles. The van der Waals surface area contributed by atoms with Crippen molar-refractivity contribution in [2.24, 2.45) is 0 Å². The number of aromatic nitrogens is 3. The first-order chi connectivity index (χ1) is 8.47. The standard InChI is InChI=1S/C14H16N4/c1-14(2,3)8-4-5-9-10(6-8)18-12-11(9)16-7-17-13(12)15/h4-7,18H,1-3H3,(H2,15,16,17). The Morgan fingerprint density at radius 2 is 1.94 bits per heavy atom. The zero-order chi connectivity index (χ0) is 12.9. The van der Waals surface area contributed by atoms with Crippen LogP contribution in [0.5, 0.6) is 0 Å². The van der Waals surface area contributed by atoms with Gasteiger partial charge in [-0.25, -0.2) is 9.97 Å². The summed E-state index contributed by atoms with van der Waals surface area (Å²) in [5.74, 6) is 0.494. The Kier molecular flexibility index (Phi) is 2.11. The van der Waals surface area contributed by atoms with E-state index in [4.69, 9.17) is 5.73 Å². The number of aromatic amines is 1. The quantitative estimate of drug-likeness (QED) is 0.634. The highest BCUT2D eigenvalue weighted by atomic mass is 14.9. The van der Waals surface area contributed by atoms with Gasteiger partial charge >= 0.3 is 0 Å². The highest BCUT2D eigenvalue weighted by Crippen LogP contribution is 2.30. The van der Waals surface area contributed by atoms with Crippen molar-refractivity contribution in [3.8, 4) is 0 Å². The number of benzene rings is 1. The predicted molar refractivity (Wildman–Crippen MR) is 74.5 cm³/mol. The van der Waals surface area contributed by atoms with Crippen molar-refractivity contribution in [2.75, 3.05) is 5.73 Å². The second-order valence-corrected chi connectivity index (χ2v) is 5.62. The van der Waals surface area contributed by atoms with Gasteiger partial charge in [0.2, 0.25) is 0 Å². The highest BCUT2D eigenvalue weighted by molar-refractivity contribution is 6.07. The van der Waals surface area contributed by atoms with Crippen LogP contribution in [0.4, 0.5) is 5.82 Å². The number of nitrogens with one attached hydrogen (secondary N) is 1. The topological polar surface area (TPSA) is 67.6 Å². The van der Waals surface area contributed by atoms with E-state index in [0.29, 0.717) is 5.82 Å². The monoisotopic (exact) mass is 240 g/mol. The number of hydrogen-bond donors (Lipinski definition) is 2. The van der Waals surface area contributed by atoms with Gasteiger partial charge in [0.15, 0.2) is 5.82 Å². The van der Waals surface area contributed by atoms with Crippen molar-refractivity contribution >= 4 is 27.8 Å². The van der Waals surface area contributed by atoms with E-state index >= 15 is 0 Å². The lowest BCUT2D eigenvalue weighted by Gasteiger charge is -2.18. The summed E-state index contributed by atoms with van der Waals surface area (Å²) in [7, 11) is 0. The van der Waals surface area contributed by atoms with Crippen molar-refractivity contribution in [1.29, 1.82) is 0 Å². The summed E-state index contributed by atoms with van der Waals surface area (Å²) >= 11 is 0. The smallest absolute Gasteiger partial charge is 0.151 e. The van der Waals surface area contributed by atoms with Crippen LogP contribution in [0.2, 0.25) is 0 Å². The maximum atomic E-state index is 5.86. The molecule has 4 nitrogen and oxygen atoms in total. The van der Waals surface area contributed by atoms with Gasteiger partial charge in [-0.15, -0.1) is 0 Å². The van der Waals surface area contributed by atoms with Gasteiger partial charge in [0.1, 0.15) is 17.4 Å². The van der Waals surface area contributed by atoms with Gasteiger partial charge in [-0.1, -0.05) is 32.9 Å². The number of fused-ring (bicyclic) bond motifs is 3. The summed E-state index contributed by atoms with van der Waals surface area (Å²) in [5, 5.41) is 1.09. The van der Waals surface area contributed by atoms with Crippen LogP contribution in [0.1, 0.15) is 26.3 Å². The average molecular weight is 240 g/mol. The van der Waals surface area contributed by atoms with Crippen molar-refractivity contribution in [3.05, 3.63) is 30.1 Å². The molecule has 1 aromatic carbocycles. The van der Waals surface area contributed by atoms with Crippen molar-refractivity contribution in [1.82, 2.24) is 15.0 Å². The Labute approximate surface area is 105 Å². The zero-order valence-corrected chi connectivity index (χ0v) is 10.8. The molecule has 92 valence electrons. The van der Waals surface area contributed by atoms with Gasteiger partial charge < -0.3 is 10.7 Å². The molecule has 0 fully saturated rings. The van der Waals surface area contributed by atoms with Crippen LogP contribution in [-0.4, -0.2) is 15.0 Å². The fourth-order valence-electron chi connectivity index (χ4n) is 2.18. The normalized spacial score (nSPS) is 12.4. The first kappa shape index (κ1) is 11.0. The molecule has 4 heteroatoms. The lowest BCUT2D eigenvalue weighted by molar-refractivity contribution is 0.591. The van der Waals surface area contributed by atoms with Gasteiger partial charge in [-0.3, -0.25) is 0 Å². The van der Waals surface area contributed by atoms with E-state index < -0.39 is 0 Å². The van der Waals surface area contributed by atoms with Crippen molar-refractivity contribution in [2.45, 2.75) is 26.2 Å². The molecule has 0 atom stereocenters. The van der Waals surface area contributed by atoms with Gasteiger partial charge in [0.25, 0.3) is 0 Å². The number of rotatable bonds is 0. The molecular formula is C14H16N4. The van der Waals surface area contributed by atoms with Crippen LogP contribution >= 0.6 is 0 Å². The summed E-state index contributed by atoms with van der Waals surface area (Å²) < 4.78 is 0. The van der Waals surface area contributed by atoms with E-state index in [1.807, 2.05) is 0 Å². The van der Waals surface area contributed by atoms with Crippen LogP contribution in [-0.2, 0) is 5.41 Å². The molecule has 0 amide bonds. The van der Waals surface area contributed by atoms with Crippen molar-refractivity contribution < 1.29 is 0 Å². The van der Waals surface area contributed by atoms with Crippen molar-refractivity contribution in [3.63, 3.8) is 0 Å². The minimum atomic E-state index is 0.128. The molecule has 3 rings (SSSR count). The molecular weight excluding hydrogens is 224 g/mol. The number of nitrogens with two attached hydrogens (primary N) is 1. The SMILES string of the molecule is CC(C)(C)c1ccc2c(c1)[nH]c1c(N)ncnc12. The summed E-state index contributed by atoms with van der Waals surface area (Å²) in [6.07, 6.45) is 1.50. The largest absolute Gasteiger partial charge is 0.382 e. The molecule has 18 heavy (non-hydrogen) atoms. The Bertz CT molecular complexity index is 734. The summed E-state index contributed by atoms with van der Waals surface area (Å²) in [5.41, 5.74) is 10.0. The number of anilines is 1. The van der Waals surface area contributed by atoms with Gasteiger partial charge in [-0.2, -0.15) is 0 Å². The van der Waals surface area contributed by atoms with Crippen LogP contribution in [0.3, 0.4) is 0 Å². The summed E-state index contributed by atoms with van der Waals surface area (Å²) in [6, 6.07) is 6.41. The first-order valence-electron chi connectivity index (χ1n) is 5.99.